The molecule has 0 aliphatic carbocycles. The first-order valence-corrected chi connectivity index (χ1v) is 10.0. The van der Waals surface area contributed by atoms with Crippen molar-refractivity contribution in [3.8, 4) is 5.75 Å². The first-order valence-electron chi connectivity index (χ1n) is 9.14. The zero-order valence-corrected chi connectivity index (χ0v) is 16.3. The predicted molar refractivity (Wildman–Crippen MR) is 110 cm³/mol. The molecule has 4 rings (SSSR count). The molecular formula is C24H24OS. The Balaban J connectivity index is 1.84. The number of hydrogen-bond donors (Lipinski definition) is 0. The molecule has 0 saturated heterocycles. The van der Waals surface area contributed by atoms with Gasteiger partial charge in [-0.25, -0.2) is 0 Å². The van der Waals surface area contributed by atoms with Crippen LogP contribution in [0.1, 0.15) is 40.3 Å². The van der Waals surface area contributed by atoms with Gasteiger partial charge in [0.25, 0.3) is 0 Å². The van der Waals surface area contributed by atoms with Gasteiger partial charge in [-0.1, -0.05) is 67.6 Å². The summed E-state index contributed by atoms with van der Waals surface area (Å²) >= 11 is 2.03. The smallest absolute Gasteiger partial charge is 0.118 e. The normalized spacial score (nSPS) is 21.9. The van der Waals surface area contributed by atoms with Crippen molar-refractivity contribution in [2.45, 2.75) is 29.9 Å². The highest BCUT2D eigenvalue weighted by Crippen LogP contribution is 2.55. The van der Waals surface area contributed by atoms with Crippen molar-refractivity contribution in [3.05, 3.63) is 95.1 Å². The van der Waals surface area contributed by atoms with Gasteiger partial charge in [-0.2, -0.15) is 0 Å². The van der Waals surface area contributed by atoms with Crippen molar-refractivity contribution in [2.24, 2.45) is 5.92 Å². The number of ether oxygens (including phenoxy) is 1. The highest BCUT2D eigenvalue weighted by molar-refractivity contribution is 7.99. The van der Waals surface area contributed by atoms with Crippen LogP contribution in [0.15, 0.2) is 77.7 Å². The van der Waals surface area contributed by atoms with E-state index < -0.39 is 0 Å². The van der Waals surface area contributed by atoms with Gasteiger partial charge in [0.05, 0.1) is 7.11 Å². The van der Waals surface area contributed by atoms with E-state index in [2.05, 4.69) is 86.6 Å². The van der Waals surface area contributed by atoms with Crippen LogP contribution in [0.25, 0.3) is 0 Å². The molecule has 3 aromatic rings. The molecule has 0 N–H and O–H groups in total. The zero-order valence-electron chi connectivity index (χ0n) is 15.5. The summed E-state index contributed by atoms with van der Waals surface area (Å²) in [4.78, 5) is 1.44. The number of benzene rings is 3. The van der Waals surface area contributed by atoms with Gasteiger partial charge in [0.2, 0.25) is 0 Å². The molecule has 3 aromatic carbocycles. The number of rotatable bonds is 3. The fourth-order valence-electron chi connectivity index (χ4n) is 4.08. The Hall–Kier alpha value is -2.19. The first-order chi connectivity index (χ1) is 12.7. The van der Waals surface area contributed by atoms with E-state index in [0.29, 0.717) is 17.1 Å². The standard InChI is InChI=1S/C24H24OS/c1-16-8-7-11-21-22(18-12-14-20(25-3)15-13-18)17(2)24(26-23(16)21)19-9-5-4-6-10-19/h4-15,17,22,24H,1-3H3/t17-,22+,24-/m0/s1. The van der Waals surface area contributed by atoms with E-state index >= 15 is 0 Å². The van der Waals surface area contributed by atoms with Gasteiger partial charge in [-0.15, -0.1) is 11.8 Å². The summed E-state index contributed by atoms with van der Waals surface area (Å²) < 4.78 is 5.36. The van der Waals surface area contributed by atoms with Crippen molar-refractivity contribution in [1.29, 1.82) is 0 Å². The molecule has 1 heterocycles. The fraction of sp³-hybridized carbons (Fsp3) is 0.250. The van der Waals surface area contributed by atoms with Gasteiger partial charge in [0.15, 0.2) is 0 Å². The number of fused-ring (bicyclic) bond motifs is 1. The van der Waals surface area contributed by atoms with E-state index in [1.807, 2.05) is 11.8 Å². The van der Waals surface area contributed by atoms with E-state index in [9.17, 15) is 0 Å². The third-order valence-corrected chi connectivity index (χ3v) is 7.18. The number of hydrogen-bond acceptors (Lipinski definition) is 2. The molecule has 0 fully saturated rings. The molecule has 0 spiro atoms. The van der Waals surface area contributed by atoms with Crippen LogP contribution in [0.5, 0.6) is 5.75 Å². The van der Waals surface area contributed by atoms with E-state index in [-0.39, 0.29) is 0 Å². The van der Waals surface area contributed by atoms with Crippen LogP contribution in [-0.4, -0.2) is 7.11 Å². The molecule has 3 atom stereocenters. The van der Waals surface area contributed by atoms with Crippen molar-refractivity contribution in [1.82, 2.24) is 0 Å². The van der Waals surface area contributed by atoms with Crippen LogP contribution >= 0.6 is 11.8 Å². The van der Waals surface area contributed by atoms with Crippen molar-refractivity contribution < 1.29 is 4.74 Å². The summed E-state index contributed by atoms with van der Waals surface area (Å²) in [5.74, 6) is 1.81. The molecule has 0 bridgehead atoms. The van der Waals surface area contributed by atoms with Crippen LogP contribution in [0.2, 0.25) is 0 Å². The largest absolute Gasteiger partial charge is 0.497 e. The molecule has 0 radical (unpaired) electrons. The molecule has 1 aliphatic rings. The Morgan fingerprint density at radius 2 is 1.54 bits per heavy atom. The molecular weight excluding hydrogens is 336 g/mol. The van der Waals surface area contributed by atoms with E-state index in [4.69, 9.17) is 4.74 Å². The predicted octanol–water partition coefficient (Wildman–Crippen LogP) is 6.62. The molecule has 0 aromatic heterocycles. The number of aryl methyl sites for hydroxylation is 1. The van der Waals surface area contributed by atoms with Gasteiger partial charge in [-0.05, 0) is 47.2 Å². The van der Waals surface area contributed by atoms with Crippen molar-refractivity contribution in [2.75, 3.05) is 7.11 Å². The maximum Gasteiger partial charge on any atom is 0.118 e. The summed E-state index contributed by atoms with van der Waals surface area (Å²) in [7, 11) is 1.72. The Labute approximate surface area is 160 Å². The van der Waals surface area contributed by atoms with Crippen molar-refractivity contribution in [3.63, 3.8) is 0 Å². The number of thioether (sulfide) groups is 1. The van der Waals surface area contributed by atoms with Crippen LogP contribution in [0.3, 0.4) is 0 Å². The maximum atomic E-state index is 5.36. The van der Waals surface area contributed by atoms with E-state index in [1.165, 1.54) is 27.1 Å². The zero-order chi connectivity index (χ0) is 18.1. The van der Waals surface area contributed by atoms with Gasteiger partial charge < -0.3 is 4.74 Å². The Morgan fingerprint density at radius 3 is 2.23 bits per heavy atom. The average Bonchev–Trinajstić information content (AvgIpc) is 2.69. The summed E-state index contributed by atoms with van der Waals surface area (Å²) in [6, 6.07) is 26.3. The SMILES string of the molecule is COc1ccc([C@@H]2c3cccc(C)c3S[C@H](c3ccccc3)[C@H]2C)cc1. The monoisotopic (exact) mass is 360 g/mol. The Bertz CT molecular complexity index is 886. The second-order valence-electron chi connectivity index (χ2n) is 7.05. The minimum absolute atomic E-state index is 0.391. The second kappa shape index (κ2) is 7.20. The highest BCUT2D eigenvalue weighted by Gasteiger charge is 2.36. The van der Waals surface area contributed by atoms with E-state index in [1.54, 1.807) is 7.11 Å². The summed E-state index contributed by atoms with van der Waals surface area (Å²) in [5, 5.41) is 0.455. The molecule has 132 valence electrons. The lowest BCUT2D eigenvalue weighted by Crippen LogP contribution is -2.22. The second-order valence-corrected chi connectivity index (χ2v) is 8.20. The topological polar surface area (TPSA) is 9.23 Å². The van der Waals surface area contributed by atoms with E-state index in [0.717, 1.165) is 5.75 Å². The molecule has 1 nitrogen and oxygen atoms in total. The van der Waals surface area contributed by atoms with Crippen LogP contribution in [0, 0.1) is 12.8 Å². The Morgan fingerprint density at radius 1 is 0.808 bits per heavy atom. The highest BCUT2D eigenvalue weighted by atomic mass is 32.2. The Kier molecular flexibility index (Phi) is 4.78. The fourth-order valence-corrected chi connectivity index (χ4v) is 5.59. The van der Waals surface area contributed by atoms with Crippen LogP contribution in [0.4, 0.5) is 0 Å². The quantitative estimate of drug-likeness (QED) is 0.519. The lowest BCUT2D eigenvalue weighted by Gasteiger charge is -2.38. The lowest BCUT2D eigenvalue weighted by atomic mass is 9.77. The number of methoxy groups -OCH3 is 1. The minimum Gasteiger partial charge on any atom is -0.497 e. The molecule has 0 unspecified atom stereocenters. The summed E-state index contributed by atoms with van der Waals surface area (Å²) in [5.41, 5.74) is 5.61. The lowest BCUT2D eigenvalue weighted by molar-refractivity contribution is 0.414. The van der Waals surface area contributed by atoms with Crippen LogP contribution < -0.4 is 4.74 Å². The van der Waals surface area contributed by atoms with Crippen molar-refractivity contribution >= 4 is 11.8 Å². The van der Waals surface area contributed by atoms with Gasteiger partial charge in [0.1, 0.15) is 5.75 Å². The molecule has 0 amide bonds. The van der Waals surface area contributed by atoms with Gasteiger partial charge >= 0.3 is 0 Å². The molecule has 1 aliphatic heterocycles. The average molecular weight is 361 g/mol. The van der Waals surface area contributed by atoms with Gasteiger partial charge in [0, 0.05) is 16.1 Å². The summed E-state index contributed by atoms with van der Waals surface area (Å²) in [6.45, 7) is 4.62. The van der Waals surface area contributed by atoms with Crippen LogP contribution in [-0.2, 0) is 0 Å². The first kappa shape index (κ1) is 17.2. The third-order valence-electron chi connectivity index (χ3n) is 5.43. The molecule has 0 saturated carbocycles. The maximum absolute atomic E-state index is 5.36. The third kappa shape index (κ3) is 3.03. The summed E-state index contributed by atoms with van der Waals surface area (Å²) in [6.07, 6.45) is 0. The molecule has 26 heavy (non-hydrogen) atoms. The van der Waals surface area contributed by atoms with Gasteiger partial charge in [-0.3, -0.25) is 0 Å². The molecule has 2 heteroatoms. The minimum atomic E-state index is 0.391.